The van der Waals surface area contributed by atoms with Gasteiger partial charge in [0.15, 0.2) is 9.84 Å². The zero-order chi connectivity index (χ0) is 40.4. The minimum Gasteiger partial charge on any atom is -0.345 e. The topological polar surface area (TPSA) is 171 Å². The van der Waals surface area contributed by atoms with Crippen LogP contribution in [0, 0.1) is 22.7 Å². The second-order valence-electron chi connectivity index (χ2n) is 18.7. The van der Waals surface area contributed by atoms with Gasteiger partial charge in [-0.15, -0.1) is 0 Å². The molecule has 55 heavy (non-hydrogen) atoms. The van der Waals surface area contributed by atoms with Crippen LogP contribution >= 0.6 is 0 Å². The van der Waals surface area contributed by atoms with Gasteiger partial charge < -0.3 is 26.2 Å². The fourth-order valence-electron chi connectivity index (χ4n) is 9.52. The predicted octanol–water partition coefficient (Wildman–Crippen LogP) is 5.19. The zero-order valence-electron chi connectivity index (χ0n) is 34.1. The lowest BCUT2D eigenvalue weighted by molar-refractivity contribution is -0.146. The normalized spacial score (nSPS) is 25.1. The summed E-state index contributed by atoms with van der Waals surface area (Å²) in [6.45, 7) is 13.6. The Morgan fingerprint density at radius 1 is 0.873 bits per heavy atom. The molecule has 1 saturated heterocycles. The van der Waals surface area contributed by atoms with Gasteiger partial charge in [-0.2, -0.15) is 0 Å². The lowest BCUT2D eigenvalue weighted by atomic mass is 9.70. The fourth-order valence-corrected chi connectivity index (χ4v) is 11.0. The highest BCUT2D eigenvalue weighted by Crippen LogP contribution is 2.65. The lowest BCUT2D eigenvalue weighted by Gasteiger charge is -2.44. The maximum Gasteiger partial charge on any atom is 0.315 e. The van der Waals surface area contributed by atoms with Crippen LogP contribution in [-0.4, -0.2) is 83.6 Å². The number of carbonyl (C=O) groups is 5. The number of sulfone groups is 1. The van der Waals surface area contributed by atoms with Crippen LogP contribution in [0.3, 0.4) is 0 Å². The third-order valence-electron chi connectivity index (χ3n) is 13.3. The summed E-state index contributed by atoms with van der Waals surface area (Å²) in [6.07, 6.45) is 8.64. The Labute approximate surface area is 328 Å². The molecular formula is C42H65N5O7S. The van der Waals surface area contributed by atoms with Crippen molar-refractivity contribution >= 4 is 39.4 Å². The Kier molecular flexibility index (Phi) is 12.8. The van der Waals surface area contributed by atoms with E-state index in [1.807, 2.05) is 44.2 Å². The van der Waals surface area contributed by atoms with Gasteiger partial charge in [0.25, 0.3) is 5.91 Å². The van der Waals surface area contributed by atoms with Gasteiger partial charge in [0, 0.05) is 13.1 Å². The Balaban J connectivity index is 1.37. The summed E-state index contributed by atoms with van der Waals surface area (Å²) in [5.74, 6) is -2.60. The van der Waals surface area contributed by atoms with Crippen LogP contribution in [0.4, 0.5) is 4.79 Å². The maximum absolute atomic E-state index is 15.0. The molecule has 0 spiro atoms. The molecular weight excluding hydrogens is 719 g/mol. The first-order valence-corrected chi connectivity index (χ1v) is 22.2. The number of piperidine rings is 1. The number of ketones is 1. The van der Waals surface area contributed by atoms with Gasteiger partial charge in [-0.3, -0.25) is 19.2 Å². The summed E-state index contributed by atoms with van der Waals surface area (Å²) in [7, 11) is -3.57. The molecule has 5 amide bonds. The van der Waals surface area contributed by atoms with E-state index in [0.29, 0.717) is 38.6 Å². The Morgan fingerprint density at radius 2 is 1.47 bits per heavy atom. The third-order valence-corrected chi connectivity index (χ3v) is 16.1. The molecule has 4 aliphatic rings. The van der Waals surface area contributed by atoms with Crippen molar-refractivity contribution in [1.82, 2.24) is 26.2 Å². The molecule has 1 unspecified atom stereocenters. The number of hydrogen-bond acceptors (Lipinski definition) is 7. The maximum atomic E-state index is 15.0. The molecule has 1 aliphatic heterocycles. The number of fused-ring (bicyclic) bond motifs is 1. The molecule has 3 aliphatic carbocycles. The summed E-state index contributed by atoms with van der Waals surface area (Å²) in [5, 5.41) is 11.7. The van der Waals surface area contributed by atoms with Gasteiger partial charge in [0.1, 0.15) is 12.1 Å². The monoisotopic (exact) mass is 783 g/mol. The number of rotatable bonds is 14. The van der Waals surface area contributed by atoms with E-state index in [0.717, 1.165) is 44.1 Å². The summed E-state index contributed by atoms with van der Waals surface area (Å²) < 4.78 is 26.0. The minimum absolute atomic E-state index is 0.0587. The first-order chi connectivity index (χ1) is 25.8. The van der Waals surface area contributed by atoms with Gasteiger partial charge >= 0.3 is 6.03 Å². The Bertz CT molecular complexity index is 1690. The summed E-state index contributed by atoms with van der Waals surface area (Å²) >= 11 is 0. The number of amides is 5. The van der Waals surface area contributed by atoms with Crippen LogP contribution in [0.2, 0.25) is 0 Å². The molecule has 306 valence electrons. The fraction of sp³-hybridized carbons (Fsp3) is 0.738. The van der Waals surface area contributed by atoms with Gasteiger partial charge in [0.05, 0.1) is 22.1 Å². The number of carbonyl (C=O) groups excluding carboxylic acids is 5. The van der Waals surface area contributed by atoms with Gasteiger partial charge in [0.2, 0.25) is 17.6 Å². The summed E-state index contributed by atoms with van der Waals surface area (Å²) in [6, 6.07) is 5.79. The number of nitrogens with zero attached hydrogens (tertiary/aromatic N) is 1. The van der Waals surface area contributed by atoms with E-state index in [2.05, 4.69) is 35.1 Å². The van der Waals surface area contributed by atoms with E-state index in [-0.39, 0.29) is 41.9 Å². The van der Waals surface area contributed by atoms with Crippen molar-refractivity contribution in [1.29, 1.82) is 0 Å². The second-order valence-corrected chi connectivity index (χ2v) is 21.5. The first-order valence-electron chi connectivity index (χ1n) is 20.5. The average Bonchev–Trinajstić information content (AvgIpc) is 3.42. The van der Waals surface area contributed by atoms with Crippen LogP contribution in [-0.2, 0) is 35.6 Å². The highest BCUT2D eigenvalue weighted by atomic mass is 32.2. The summed E-state index contributed by atoms with van der Waals surface area (Å²) in [4.78, 5) is 71.5. The van der Waals surface area contributed by atoms with Gasteiger partial charge in [-0.1, -0.05) is 103 Å². The number of urea groups is 1. The van der Waals surface area contributed by atoms with Crippen LogP contribution in [0.25, 0.3) is 0 Å². The number of likely N-dealkylation sites (tertiary alicyclic amines) is 1. The van der Waals surface area contributed by atoms with Crippen molar-refractivity contribution < 1.29 is 32.4 Å². The molecule has 4 fully saturated rings. The van der Waals surface area contributed by atoms with E-state index in [9.17, 15) is 32.4 Å². The van der Waals surface area contributed by atoms with E-state index >= 15 is 0 Å². The smallest absolute Gasteiger partial charge is 0.315 e. The highest BCUT2D eigenvalue weighted by Gasteiger charge is 2.70. The van der Waals surface area contributed by atoms with E-state index in [1.54, 1.807) is 25.7 Å². The summed E-state index contributed by atoms with van der Waals surface area (Å²) in [5.41, 5.74) is -0.915. The minimum atomic E-state index is -3.57. The van der Waals surface area contributed by atoms with Crippen LogP contribution in [0.15, 0.2) is 30.3 Å². The van der Waals surface area contributed by atoms with Crippen molar-refractivity contribution in [3.05, 3.63) is 35.9 Å². The van der Waals surface area contributed by atoms with Crippen molar-refractivity contribution in [3.63, 3.8) is 0 Å². The van der Waals surface area contributed by atoms with E-state index in [4.69, 9.17) is 0 Å². The molecule has 1 heterocycles. The molecule has 0 bridgehead atoms. The average molecular weight is 784 g/mol. The number of benzene rings is 1. The van der Waals surface area contributed by atoms with Crippen LogP contribution in [0.5, 0.6) is 0 Å². The zero-order valence-corrected chi connectivity index (χ0v) is 34.9. The van der Waals surface area contributed by atoms with E-state index in [1.165, 1.54) is 0 Å². The molecule has 0 radical (unpaired) electrons. The van der Waals surface area contributed by atoms with Crippen LogP contribution in [0.1, 0.15) is 131 Å². The largest absolute Gasteiger partial charge is 0.345 e. The number of hydrogen-bond donors (Lipinski definition) is 4. The number of nitrogens with one attached hydrogen (secondary N) is 4. The predicted molar refractivity (Wildman–Crippen MR) is 212 cm³/mol. The first kappa shape index (κ1) is 42.7. The van der Waals surface area contributed by atoms with E-state index < -0.39 is 67.3 Å². The van der Waals surface area contributed by atoms with Gasteiger partial charge in [-0.05, 0) is 81.1 Å². The molecule has 3 saturated carbocycles. The van der Waals surface area contributed by atoms with Crippen LogP contribution < -0.4 is 21.3 Å². The lowest BCUT2D eigenvalue weighted by Crippen LogP contribution is -2.65. The molecule has 5 atom stereocenters. The van der Waals surface area contributed by atoms with Crippen molar-refractivity contribution in [3.8, 4) is 0 Å². The number of Topliss-reactive ketones (excluding diaryl/α,β-unsaturated/α-hetero) is 1. The SMILES string of the molecule is CCCC(NC(=O)[C@@H]1[C@@H]2[C@H](CN1C(=O)[C@@H](NC(=O)NC1(CS(=O)(=O)C(C)(C)C)CCCCC1)C1(C)CCCCC1)C2(C)C)C(=O)C(=O)NCc1ccccc1. The Hall–Kier alpha value is -3.48. The highest BCUT2D eigenvalue weighted by molar-refractivity contribution is 7.92. The molecule has 1 aromatic carbocycles. The van der Waals surface area contributed by atoms with Crippen molar-refractivity contribution in [2.24, 2.45) is 22.7 Å². The molecule has 0 aromatic heterocycles. The van der Waals surface area contributed by atoms with Crippen molar-refractivity contribution in [2.45, 2.75) is 160 Å². The third kappa shape index (κ3) is 9.39. The molecule has 1 aromatic rings. The van der Waals surface area contributed by atoms with Crippen molar-refractivity contribution in [2.75, 3.05) is 12.3 Å². The quantitative estimate of drug-likeness (QED) is 0.188. The molecule has 12 nitrogen and oxygen atoms in total. The van der Waals surface area contributed by atoms with Gasteiger partial charge in [-0.25, -0.2) is 13.2 Å². The Morgan fingerprint density at radius 3 is 2.05 bits per heavy atom. The standard InChI is InChI=1S/C42H65N5O7S/c1-8-18-30(33(48)36(50)43-25-28-19-12-9-13-20-28)44-35(49)32-31-29(40(31,5)6)26-47(32)37(51)34(41(7)21-14-10-15-22-41)45-38(52)46-42(23-16-11-17-24-42)27-55(53,54)39(2,3)4/h9,12-13,19-20,29-32,34H,8,10-11,14-18,21-27H2,1-7H3,(H,43,50)(H,44,49)(H2,45,46,52)/t29-,30?,31-,32-,34+/m0/s1. The molecule has 4 N–H and O–H groups in total. The molecule has 13 heteroatoms. The second kappa shape index (κ2) is 16.5. The molecule has 5 rings (SSSR count).